The fourth-order valence-corrected chi connectivity index (χ4v) is 2.56. The summed E-state index contributed by atoms with van der Waals surface area (Å²) in [5.74, 6) is -1.28. The number of carbonyl (C=O) groups is 2. The molecule has 0 aliphatic heterocycles. The molecule has 0 bridgehead atoms. The van der Waals surface area contributed by atoms with E-state index in [0.29, 0.717) is 11.3 Å². The van der Waals surface area contributed by atoms with Gasteiger partial charge in [-0.05, 0) is 43.7 Å². The molecule has 0 spiro atoms. The first kappa shape index (κ1) is 18.0. The fourth-order valence-electron chi connectivity index (χ4n) is 1.86. The van der Waals surface area contributed by atoms with Crippen LogP contribution in [-0.2, 0) is 14.3 Å². The summed E-state index contributed by atoms with van der Waals surface area (Å²) in [5.41, 5.74) is 0.815. The van der Waals surface area contributed by atoms with Crippen molar-refractivity contribution >= 4 is 29.3 Å². The molecule has 1 N–H and O–H groups in total. The van der Waals surface area contributed by atoms with Gasteiger partial charge in [0, 0.05) is 10.6 Å². The van der Waals surface area contributed by atoms with Gasteiger partial charge in [-0.25, -0.2) is 4.39 Å². The summed E-state index contributed by atoms with van der Waals surface area (Å²) in [6, 6.07) is 13.8. The quantitative estimate of drug-likeness (QED) is 0.638. The lowest BCUT2D eigenvalue weighted by Gasteiger charge is -2.13. The van der Waals surface area contributed by atoms with Crippen LogP contribution < -0.4 is 5.32 Å². The number of thioether (sulfide) groups is 1. The molecular weight excluding hydrogens is 329 g/mol. The summed E-state index contributed by atoms with van der Waals surface area (Å²) in [4.78, 5) is 24.7. The Kier molecular flexibility index (Phi) is 6.37. The van der Waals surface area contributed by atoms with E-state index in [9.17, 15) is 14.0 Å². The number of carbonyl (C=O) groups excluding carboxylic acids is 2. The van der Waals surface area contributed by atoms with Crippen LogP contribution in [-0.4, -0.2) is 23.7 Å². The zero-order valence-electron chi connectivity index (χ0n) is 13.4. The van der Waals surface area contributed by atoms with Crippen LogP contribution in [0.5, 0.6) is 0 Å². The van der Waals surface area contributed by atoms with Crippen LogP contribution in [0, 0.1) is 12.7 Å². The normalized spacial score (nSPS) is 11.6. The van der Waals surface area contributed by atoms with E-state index in [-0.39, 0.29) is 5.75 Å². The molecule has 1 amide bonds. The van der Waals surface area contributed by atoms with Gasteiger partial charge in [-0.2, -0.15) is 0 Å². The van der Waals surface area contributed by atoms with Crippen LogP contribution >= 0.6 is 11.8 Å². The Labute approximate surface area is 144 Å². The van der Waals surface area contributed by atoms with E-state index in [1.54, 1.807) is 19.1 Å². The summed E-state index contributed by atoms with van der Waals surface area (Å²) < 4.78 is 18.6. The maximum atomic E-state index is 13.5. The van der Waals surface area contributed by atoms with E-state index in [2.05, 4.69) is 5.32 Å². The van der Waals surface area contributed by atoms with Crippen LogP contribution in [0.2, 0.25) is 0 Å². The summed E-state index contributed by atoms with van der Waals surface area (Å²) in [6.45, 7) is 3.11. The van der Waals surface area contributed by atoms with E-state index in [0.717, 1.165) is 4.90 Å². The van der Waals surface area contributed by atoms with Crippen LogP contribution in [0.25, 0.3) is 0 Å². The lowest BCUT2D eigenvalue weighted by molar-refractivity contribution is -0.150. The molecule has 0 saturated carbocycles. The molecule has 0 saturated heterocycles. The second-order valence-electron chi connectivity index (χ2n) is 5.19. The highest BCUT2D eigenvalue weighted by atomic mass is 32.2. The van der Waals surface area contributed by atoms with Crippen molar-refractivity contribution in [2.24, 2.45) is 0 Å². The van der Waals surface area contributed by atoms with Crippen LogP contribution in [0.15, 0.2) is 53.4 Å². The molecule has 0 aromatic heterocycles. The van der Waals surface area contributed by atoms with Gasteiger partial charge in [-0.3, -0.25) is 9.59 Å². The molecular formula is C18H18FNO3S. The molecule has 0 fully saturated rings. The number of hydrogen-bond donors (Lipinski definition) is 1. The summed E-state index contributed by atoms with van der Waals surface area (Å²) in [5, 5.41) is 2.53. The lowest BCUT2D eigenvalue weighted by atomic mass is 10.2. The van der Waals surface area contributed by atoms with Gasteiger partial charge in [-0.15, -0.1) is 11.8 Å². The minimum absolute atomic E-state index is 0.112. The molecule has 4 nitrogen and oxygen atoms in total. The van der Waals surface area contributed by atoms with E-state index in [1.807, 2.05) is 30.3 Å². The Morgan fingerprint density at radius 3 is 2.58 bits per heavy atom. The van der Waals surface area contributed by atoms with Crippen molar-refractivity contribution in [1.29, 1.82) is 0 Å². The number of benzene rings is 2. The summed E-state index contributed by atoms with van der Waals surface area (Å²) in [6.07, 6.45) is -0.960. The number of nitrogens with one attached hydrogen (secondary N) is 1. The van der Waals surface area contributed by atoms with Gasteiger partial charge >= 0.3 is 5.97 Å². The first-order valence-electron chi connectivity index (χ1n) is 7.40. The van der Waals surface area contributed by atoms with Crippen LogP contribution in [0.3, 0.4) is 0 Å². The van der Waals surface area contributed by atoms with Gasteiger partial charge in [0.2, 0.25) is 0 Å². The van der Waals surface area contributed by atoms with E-state index >= 15 is 0 Å². The largest absolute Gasteiger partial charge is 0.452 e. The number of amides is 1. The number of anilines is 1. The average Bonchev–Trinajstić information content (AvgIpc) is 2.57. The average molecular weight is 347 g/mol. The van der Waals surface area contributed by atoms with Crippen molar-refractivity contribution in [1.82, 2.24) is 0 Å². The summed E-state index contributed by atoms with van der Waals surface area (Å²) >= 11 is 1.33. The Balaban J connectivity index is 1.82. The predicted octanol–water partition coefficient (Wildman–Crippen LogP) is 3.80. The molecule has 0 heterocycles. The molecule has 1 atom stereocenters. The molecule has 0 unspecified atom stereocenters. The van der Waals surface area contributed by atoms with Crippen molar-refractivity contribution < 1.29 is 18.7 Å². The Morgan fingerprint density at radius 1 is 1.21 bits per heavy atom. The van der Waals surface area contributed by atoms with Crippen molar-refractivity contribution in [2.45, 2.75) is 24.8 Å². The molecule has 126 valence electrons. The molecule has 2 aromatic rings. The second-order valence-corrected chi connectivity index (χ2v) is 6.24. The first-order valence-corrected chi connectivity index (χ1v) is 8.38. The van der Waals surface area contributed by atoms with E-state index in [1.165, 1.54) is 24.8 Å². The van der Waals surface area contributed by atoms with Crippen molar-refractivity contribution in [3.05, 3.63) is 59.9 Å². The zero-order valence-corrected chi connectivity index (χ0v) is 14.2. The topological polar surface area (TPSA) is 55.4 Å². The molecule has 24 heavy (non-hydrogen) atoms. The standard InChI is InChI=1S/C18H18FNO3S/c1-12-8-9-14(10-16(12)19)20-18(22)13(2)23-17(21)11-24-15-6-4-3-5-7-15/h3-10,13H,11H2,1-2H3,(H,20,22)/t13-/m1/s1. The van der Waals surface area contributed by atoms with Gasteiger partial charge < -0.3 is 10.1 Å². The molecule has 0 aliphatic rings. The van der Waals surface area contributed by atoms with Gasteiger partial charge in [0.1, 0.15) is 5.82 Å². The van der Waals surface area contributed by atoms with Crippen molar-refractivity contribution in [3.63, 3.8) is 0 Å². The number of aryl methyl sites for hydroxylation is 1. The van der Waals surface area contributed by atoms with E-state index < -0.39 is 23.8 Å². The third-order valence-electron chi connectivity index (χ3n) is 3.22. The zero-order chi connectivity index (χ0) is 17.5. The van der Waals surface area contributed by atoms with Gasteiger partial charge in [0.15, 0.2) is 6.10 Å². The second kappa shape index (κ2) is 8.49. The number of hydrogen-bond acceptors (Lipinski definition) is 4. The molecule has 6 heteroatoms. The molecule has 0 aliphatic carbocycles. The maximum absolute atomic E-state index is 13.5. The number of halogens is 1. The fraction of sp³-hybridized carbons (Fsp3) is 0.222. The molecule has 2 rings (SSSR count). The van der Waals surface area contributed by atoms with Crippen LogP contribution in [0.1, 0.15) is 12.5 Å². The maximum Gasteiger partial charge on any atom is 0.317 e. The molecule has 0 radical (unpaired) electrons. The van der Waals surface area contributed by atoms with E-state index in [4.69, 9.17) is 4.74 Å². The highest BCUT2D eigenvalue weighted by Gasteiger charge is 2.18. The minimum atomic E-state index is -0.960. The number of rotatable bonds is 6. The van der Waals surface area contributed by atoms with Gasteiger partial charge in [0.05, 0.1) is 5.75 Å². The molecule has 2 aromatic carbocycles. The third kappa shape index (κ3) is 5.38. The smallest absolute Gasteiger partial charge is 0.317 e. The highest BCUT2D eigenvalue weighted by molar-refractivity contribution is 8.00. The third-order valence-corrected chi connectivity index (χ3v) is 4.20. The van der Waals surface area contributed by atoms with Crippen molar-refractivity contribution in [3.8, 4) is 0 Å². The predicted molar refractivity (Wildman–Crippen MR) is 92.5 cm³/mol. The first-order chi connectivity index (χ1) is 11.5. The lowest BCUT2D eigenvalue weighted by Crippen LogP contribution is -2.30. The number of esters is 1. The SMILES string of the molecule is Cc1ccc(NC(=O)[C@@H](C)OC(=O)CSc2ccccc2)cc1F. The monoisotopic (exact) mass is 347 g/mol. The van der Waals surface area contributed by atoms with Gasteiger partial charge in [-0.1, -0.05) is 24.3 Å². The Bertz CT molecular complexity index is 721. The Hall–Kier alpha value is -2.34. The Morgan fingerprint density at radius 2 is 1.92 bits per heavy atom. The number of ether oxygens (including phenoxy) is 1. The summed E-state index contributed by atoms with van der Waals surface area (Å²) in [7, 11) is 0. The highest BCUT2D eigenvalue weighted by Crippen LogP contribution is 2.17. The van der Waals surface area contributed by atoms with Gasteiger partial charge in [0.25, 0.3) is 5.91 Å². The van der Waals surface area contributed by atoms with Crippen molar-refractivity contribution in [2.75, 3.05) is 11.1 Å². The minimum Gasteiger partial charge on any atom is -0.452 e. The van der Waals surface area contributed by atoms with Crippen LogP contribution in [0.4, 0.5) is 10.1 Å².